The Morgan fingerprint density at radius 3 is 2.73 bits per heavy atom. The third-order valence-corrected chi connectivity index (χ3v) is 4.87. The van der Waals surface area contributed by atoms with Gasteiger partial charge in [-0.3, -0.25) is 4.79 Å². The van der Waals surface area contributed by atoms with Crippen molar-refractivity contribution in [3.8, 4) is 11.1 Å². The maximum atomic E-state index is 12.9. The van der Waals surface area contributed by atoms with Gasteiger partial charge in [0, 0.05) is 37.0 Å². The molecule has 1 atom stereocenters. The highest BCUT2D eigenvalue weighted by Crippen LogP contribution is 2.25. The van der Waals surface area contributed by atoms with Gasteiger partial charge in [-0.2, -0.15) is 0 Å². The Morgan fingerprint density at radius 2 is 2.12 bits per heavy atom. The van der Waals surface area contributed by atoms with Gasteiger partial charge in [-0.1, -0.05) is 30.7 Å². The number of nitrogen functional groups attached to an aromatic ring is 1. The molecule has 0 aliphatic carbocycles. The van der Waals surface area contributed by atoms with Crippen LogP contribution < -0.4 is 5.73 Å². The highest BCUT2D eigenvalue weighted by atomic mass is 35.5. The zero-order valence-electron chi connectivity index (χ0n) is 15.0. The molecule has 2 N–H and O–H groups in total. The van der Waals surface area contributed by atoms with Gasteiger partial charge in [0.15, 0.2) is 0 Å². The largest absolute Gasteiger partial charge is 0.382 e. The standard InChI is InChI=1S/C20H24ClN3O2/c1-2-9-24(13-17-4-3-10-26-17)20(25)15-7-5-14(6-8-15)16-11-18(21)19(22)23-12-16/h5-8,11-12,17H,2-4,9-10,13H2,1H3,(H2,22,23)/t17-/m0/s1. The second-order valence-electron chi connectivity index (χ2n) is 6.55. The van der Waals surface area contributed by atoms with Crippen molar-refractivity contribution < 1.29 is 9.53 Å². The molecular weight excluding hydrogens is 350 g/mol. The van der Waals surface area contributed by atoms with Gasteiger partial charge in [0.25, 0.3) is 5.91 Å². The summed E-state index contributed by atoms with van der Waals surface area (Å²) in [6.07, 6.45) is 4.86. The zero-order chi connectivity index (χ0) is 18.5. The van der Waals surface area contributed by atoms with E-state index >= 15 is 0 Å². The van der Waals surface area contributed by atoms with Crippen molar-refractivity contribution >= 4 is 23.3 Å². The van der Waals surface area contributed by atoms with Gasteiger partial charge in [-0.15, -0.1) is 0 Å². The summed E-state index contributed by atoms with van der Waals surface area (Å²) in [5, 5.41) is 0.424. The molecule has 5 nitrogen and oxygen atoms in total. The summed E-state index contributed by atoms with van der Waals surface area (Å²) in [5.74, 6) is 0.355. The molecule has 6 heteroatoms. The maximum absolute atomic E-state index is 12.9. The minimum atomic E-state index is 0.0439. The molecule has 1 aliphatic rings. The van der Waals surface area contributed by atoms with E-state index in [0.29, 0.717) is 22.9 Å². The van der Waals surface area contributed by atoms with E-state index in [9.17, 15) is 4.79 Å². The summed E-state index contributed by atoms with van der Waals surface area (Å²) in [7, 11) is 0. The first-order valence-corrected chi connectivity index (χ1v) is 9.38. The number of nitrogens with zero attached hydrogens (tertiary/aromatic N) is 2. The lowest BCUT2D eigenvalue weighted by Crippen LogP contribution is -2.37. The molecule has 1 aromatic heterocycles. The van der Waals surface area contributed by atoms with E-state index in [1.165, 1.54) is 0 Å². The maximum Gasteiger partial charge on any atom is 0.253 e. The summed E-state index contributed by atoms with van der Waals surface area (Å²) >= 11 is 6.04. The highest BCUT2D eigenvalue weighted by molar-refractivity contribution is 6.33. The number of nitrogens with two attached hydrogens (primary N) is 1. The van der Waals surface area contributed by atoms with E-state index in [1.807, 2.05) is 29.2 Å². The topological polar surface area (TPSA) is 68.5 Å². The van der Waals surface area contributed by atoms with Gasteiger partial charge in [0.2, 0.25) is 0 Å². The zero-order valence-corrected chi connectivity index (χ0v) is 15.7. The van der Waals surface area contributed by atoms with Crippen molar-refractivity contribution in [2.75, 3.05) is 25.4 Å². The van der Waals surface area contributed by atoms with E-state index < -0.39 is 0 Å². The molecule has 0 radical (unpaired) electrons. The Hall–Kier alpha value is -2.11. The SMILES string of the molecule is CCCN(C[C@@H]1CCCO1)C(=O)c1ccc(-c2cnc(N)c(Cl)c2)cc1. The summed E-state index contributed by atoms with van der Waals surface area (Å²) in [5.41, 5.74) is 8.14. The van der Waals surface area contributed by atoms with Crippen molar-refractivity contribution in [2.45, 2.75) is 32.3 Å². The monoisotopic (exact) mass is 373 g/mol. The molecule has 1 aliphatic heterocycles. The molecule has 138 valence electrons. The van der Waals surface area contributed by atoms with Gasteiger partial charge in [-0.25, -0.2) is 4.98 Å². The predicted octanol–water partition coefficient (Wildman–Crippen LogP) is 4.02. The van der Waals surface area contributed by atoms with E-state index in [0.717, 1.165) is 43.5 Å². The van der Waals surface area contributed by atoms with Gasteiger partial charge >= 0.3 is 0 Å². The summed E-state index contributed by atoms with van der Waals surface area (Å²) < 4.78 is 5.69. The number of aromatic nitrogens is 1. The molecule has 1 amide bonds. The number of carbonyl (C=O) groups is 1. The summed E-state index contributed by atoms with van der Waals surface area (Å²) in [6, 6.07) is 9.29. The van der Waals surface area contributed by atoms with Gasteiger partial charge in [0.05, 0.1) is 11.1 Å². The number of amides is 1. The fourth-order valence-corrected chi connectivity index (χ4v) is 3.34. The number of anilines is 1. The molecule has 0 unspecified atom stereocenters. The molecule has 0 saturated carbocycles. The van der Waals surface area contributed by atoms with Crippen LogP contribution in [0.15, 0.2) is 36.5 Å². The highest BCUT2D eigenvalue weighted by Gasteiger charge is 2.23. The third-order valence-electron chi connectivity index (χ3n) is 4.56. The molecule has 3 rings (SSSR count). The Labute approximate surface area is 159 Å². The van der Waals surface area contributed by atoms with E-state index in [4.69, 9.17) is 22.1 Å². The average Bonchev–Trinajstić information content (AvgIpc) is 3.16. The summed E-state index contributed by atoms with van der Waals surface area (Å²) in [4.78, 5) is 18.9. The number of hydrogen-bond acceptors (Lipinski definition) is 4. The number of rotatable bonds is 6. The molecule has 26 heavy (non-hydrogen) atoms. The van der Waals surface area contributed by atoms with Crippen molar-refractivity contribution in [1.29, 1.82) is 0 Å². The minimum Gasteiger partial charge on any atom is -0.382 e. The fourth-order valence-electron chi connectivity index (χ4n) is 3.17. The van der Waals surface area contributed by atoms with Crippen LogP contribution in [0.4, 0.5) is 5.82 Å². The molecule has 1 saturated heterocycles. The van der Waals surface area contributed by atoms with Gasteiger partial charge in [0.1, 0.15) is 5.82 Å². The number of pyridine rings is 1. The van der Waals surface area contributed by atoms with E-state index in [-0.39, 0.29) is 12.0 Å². The molecule has 2 heterocycles. The predicted molar refractivity (Wildman–Crippen MR) is 104 cm³/mol. The van der Waals surface area contributed by atoms with Gasteiger partial charge < -0.3 is 15.4 Å². The number of carbonyl (C=O) groups excluding carboxylic acids is 1. The number of benzene rings is 1. The third kappa shape index (κ3) is 4.34. The molecule has 1 aromatic carbocycles. The van der Waals surface area contributed by atoms with Crippen LogP contribution in [0.3, 0.4) is 0 Å². The number of halogens is 1. The smallest absolute Gasteiger partial charge is 0.253 e. The van der Waals surface area contributed by atoms with Crippen LogP contribution in [-0.4, -0.2) is 41.6 Å². The van der Waals surface area contributed by atoms with E-state index in [1.54, 1.807) is 12.3 Å². The first-order chi connectivity index (χ1) is 12.6. The van der Waals surface area contributed by atoms with Crippen molar-refractivity contribution in [3.05, 3.63) is 47.1 Å². The number of hydrogen-bond donors (Lipinski definition) is 1. The van der Waals surface area contributed by atoms with Crippen LogP contribution in [0.25, 0.3) is 11.1 Å². The van der Waals surface area contributed by atoms with Crippen LogP contribution in [0, 0.1) is 0 Å². The number of ether oxygens (including phenoxy) is 1. The van der Waals surface area contributed by atoms with Crippen LogP contribution in [0.5, 0.6) is 0 Å². The Kier molecular flexibility index (Phi) is 6.12. The molecular formula is C20H24ClN3O2. The summed E-state index contributed by atoms with van der Waals surface area (Å²) in [6.45, 7) is 4.27. The molecule has 0 spiro atoms. The first-order valence-electron chi connectivity index (χ1n) is 9.01. The van der Waals surface area contributed by atoms with Crippen LogP contribution in [0.1, 0.15) is 36.5 Å². The van der Waals surface area contributed by atoms with Crippen molar-refractivity contribution in [1.82, 2.24) is 9.88 Å². The second-order valence-corrected chi connectivity index (χ2v) is 6.96. The lowest BCUT2D eigenvalue weighted by Gasteiger charge is -2.25. The molecule has 1 fully saturated rings. The van der Waals surface area contributed by atoms with E-state index in [2.05, 4.69) is 11.9 Å². The van der Waals surface area contributed by atoms with Crippen LogP contribution in [0.2, 0.25) is 5.02 Å². The van der Waals surface area contributed by atoms with Crippen molar-refractivity contribution in [3.63, 3.8) is 0 Å². The minimum absolute atomic E-state index is 0.0439. The Balaban J connectivity index is 1.74. The fraction of sp³-hybridized carbons (Fsp3) is 0.400. The Bertz CT molecular complexity index is 758. The first kappa shape index (κ1) is 18.7. The quantitative estimate of drug-likeness (QED) is 0.830. The normalized spacial score (nSPS) is 16.6. The second kappa shape index (κ2) is 8.52. The van der Waals surface area contributed by atoms with Crippen molar-refractivity contribution in [2.24, 2.45) is 0 Å². The molecule has 0 bridgehead atoms. The average molecular weight is 374 g/mol. The Morgan fingerprint density at radius 1 is 1.35 bits per heavy atom. The van der Waals surface area contributed by atoms with Crippen LogP contribution in [-0.2, 0) is 4.74 Å². The van der Waals surface area contributed by atoms with Gasteiger partial charge in [-0.05, 0) is 43.0 Å². The lowest BCUT2D eigenvalue weighted by molar-refractivity contribution is 0.0526. The van der Waals surface area contributed by atoms with Crippen LogP contribution >= 0.6 is 11.6 Å². The lowest BCUT2D eigenvalue weighted by atomic mass is 10.0. The molecule has 2 aromatic rings.